The van der Waals surface area contributed by atoms with Gasteiger partial charge in [0.05, 0.1) is 0 Å². The van der Waals surface area contributed by atoms with Gasteiger partial charge in [0.1, 0.15) is 0 Å². The molecule has 1 aromatic heterocycles. The summed E-state index contributed by atoms with van der Waals surface area (Å²) in [4.78, 5) is 8.68. The first kappa shape index (κ1) is 15.7. The highest BCUT2D eigenvalue weighted by molar-refractivity contribution is 5.87. The summed E-state index contributed by atoms with van der Waals surface area (Å²) in [6.45, 7) is 3.79. The van der Waals surface area contributed by atoms with Gasteiger partial charge in [-0.05, 0) is 87.5 Å². The number of likely N-dealkylation sites (N-methyl/N-ethyl adjacent to an activating group) is 1. The van der Waals surface area contributed by atoms with Crippen LogP contribution < -0.4 is 0 Å². The summed E-state index contributed by atoms with van der Waals surface area (Å²) in [6, 6.07) is 8.46. The Hall–Kier alpha value is -1.58. The molecule has 2 saturated heterocycles. The smallest absolute Gasteiger partial charge is 0.0457 e. The molecule has 0 spiro atoms. The van der Waals surface area contributed by atoms with Crippen LogP contribution in [0.4, 0.5) is 0 Å². The number of nitrogens with one attached hydrogen (secondary N) is 1. The quantitative estimate of drug-likeness (QED) is 0.914. The molecule has 1 N–H and O–H groups in total. The average molecular weight is 335 g/mol. The molecular formula is C22H29N3. The zero-order chi connectivity index (χ0) is 16.8. The van der Waals surface area contributed by atoms with E-state index < -0.39 is 0 Å². The number of H-pyrrole nitrogens is 1. The third-order valence-corrected chi connectivity index (χ3v) is 6.74. The number of likely N-dealkylation sites (tertiary alicyclic amines) is 1. The van der Waals surface area contributed by atoms with Crippen LogP contribution in [-0.2, 0) is 6.42 Å². The van der Waals surface area contributed by atoms with E-state index in [-0.39, 0.29) is 0 Å². The third kappa shape index (κ3) is 2.84. The van der Waals surface area contributed by atoms with Gasteiger partial charge < -0.3 is 9.88 Å². The first-order chi connectivity index (χ1) is 12.3. The zero-order valence-electron chi connectivity index (χ0n) is 15.3. The Morgan fingerprint density at radius 2 is 2.04 bits per heavy atom. The van der Waals surface area contributed by atoms with Crippen molar-refractivity contribution >= 4 is 16.5 Å². The van der Waals surface area contributed by atoms with E-state index in [2.05, 4.69) is 52.3 Å². The minimum Gasteiger partial charge on any atom is -0.361 e. The van der Waals surface area contributed by atoms with E-state index in [0.717, 1.165) is 0 Å². The van der Waals surface area contributed by atoms with E-state index >= 15 is 0 Å². The van der Waals surface area contributed by atoms with E-state index in [1.54, 1.807) is 5.57 Å². The summed E-state index contributed by atoms with van der Waals surface area (Å²) in [6.07, 6.45) is 12.6. The molecule has 2 fully saturated rings. The Morgan fingerprint density at radius 1 is 1.12 bits per heavy atom. The summed E-state index contributed by atoms with van der Waals surface area (Å²) in [5, 5.41) is 1.44. The first-order valence-electron chi connectivity index (χ1n) is 10.0. The fraction of sp³-hybridized carbons (Fsp3) is 0.545. The van der Waals surface area contributed by atoms with Gasteiger partial charge in [0.25, 0.3) is 0 Å². The second-order valence-corrected chi connectivity index (χ2v) is 8.24. The predicted molar refractivity (Wildman–Crippen MR) is 105 cm³/mol. The maximum atomic E-state index is 3.50. The largest absolute Gasteiger partial charge is 0.361 e. The van der Waals surface area contributed by atoms with Crippen molar-refractivity contribution < 1.29 is 0 Å². The molecular weight excluding hydrogens is 306 g/mol. The van der Waals surface area contributed by atoms with Gasteiger partial charge >= 0.3 is 0 Å². The summed E-state index contributed by atoms with van der Waals surface area (Å²) in [5.41, 5.74) is 5.79. The molecule has 0 bridgehead atoms. The standard InChI is InChI=1S/C22H29N3/c1-24-9-2-4-19(24)13-18-15-23-22-7-6-16(14-21(18)22)17-8-11-25-10-3-5-20(25)12-17/h6-7,12,14-15,19-20,23H,2-5,8-11,13H2,1H3/t19-,20+/m1/s1. The Morgan fingerprint density at radius 3 is 2.92 bits per heavy atom. The van der Waals surface area contributed by atoms with Gasteiger partial charge in [-0.3, -0.25) is 4.90 Å². The molecule has 0 radical (unpaired) electrons. The van der Waals surface area contributed by atoms with Crippen molar-refractivity contribution in [3.8, 4) is 0 Å². The van der Waals surface area contributed by atoms with Crippen LogP contribution in [0, 0.1) is 0 Å². The molecule has 3 aliphatic rings. The van der Waals surface area contributed by atoms with Crippen molar-refractivity contribution in [2.45, 2.75) is 50.6 Å². The number of hydrogen-bond acceptors (Lipinski definition) is 2. The molecule has 0 aliphatic carbocycles. The van der Waals surface area contributed by atoms with Crippen LogP contribution >= 0.6 is 0 Å². The van der Waals surface area contributed by atoms with E-state index in [1.807, 2.05) is 0 Å². The van der Waals surface area contributed by atoms with Crippen molar-refractivity contribution in [3.63, 3.8) is 0 Å². The van der Waals surface area contributed by atoms with Gasteiger partial charge in [-0.1, -0.05) is 12.1 Å². The Bertz CT molecular complexity index is 803. The van der Waals surface area contributed by atoms with Crippen LogP contribution in [-0.4, -0.2) is 53.5 Å². The molecule has 3 nitrogen and oxygen atoms in total. The van der Waals surface area contributed by atoms with Crippen LogP contribution in [0.1, 0.15) is 43.2 Å². The molecule has 1 aromatic carbocycles. The molecule has 0 saturated carbocycles. The minimum atomic E-state index is 0.692. The lowest BCUT2D eigenvalue weighted by atomic mass is 9.94. The van der Waals surface area contributed by atoms with Crippen LogP contribution in [0.2, 0.25) is 0 Å². The Labute approximate surface area is 150 Å². The van der Waals surface area contributed by atoms with E-state index in [9.17, 15) is 0 Å². The molecule has 0 amide bonds. The maximum absolute atomic E-state index is 3.50. The molecule has 132 valence electrons. The van der Waals surface area contributed by atoms with Crippen LogP contribution in [0.15, 0.2) is 30.5 Å². The lowest BCUT2D eigenvalue weighted by molar-refractivity contribution is 0.288. The summed E-state index contributed by atoms with van der Waals surface area (Å²) in [5.74, 6) is 0. The zero-order valence-corrected chi connectivity index (χ0v) is 15.3. The van der Waals surface area contributed by atoms with E-state index in [0.29, 0.717) is 12.1 Å². The van der Waals surface area contributed by atoms with Crippen molar-refractivity contribution in [1.82, 2.24) is 14.8 Å². The molecule has 0 unspecified atom stereocenters. The molecule has 2 aromatic rings. The molecule has 3 aliphatic heterocycles. The summed E-state index contributed by atoms with van der Waals surface area (Å²) < 4.78 is 0. The van der Waals surface area contributed by atoms with Gasteiger partial charge in [-0.15, -0.1) is 0 Å². The Kier molecular flexibility index (Phi) is 3.94. The fourth-order valence-corrected chi connectivity index (χ4v) is 5.18. The lowest BCUT2D eigenvalue weighted by Gasteiger charge is -2.28. The second kappa shape index (κ2) is 6.30. The Balaban J connectivity index is 1.45. The first-order valence-corrected chi connectivity index (χ1v) is 10.0. The SMILES string of the molecule is CN1CCC[C@@H]1Cc1c[nH]c2ccc(C3=C[C@@H]4CCCN4CC3)cc12. The molecule has 3 heteroatoms. The highest BCUT2D eigenvalue weighted by Gasteiger charge is 2.27. The van der Waals surface area contributed by atoms with Crippen molar-refractivity contribution in [2.75, 3.05) is 26.7 Å². The highest BCUT2D eigenvalue weighted by Crippen LogP contribution is 2.33. The average Bonchev–Trinajstić information content (AvgIpc) is 3.35. The van der Waals surface area contributed by atoms with Crippen molar-refractivity contribution in [1.29, 1.82) is 0 Å². The van der Waals surface area contributed by atoms with Gasteiger partial charge in [0.2, 0.25) is 0 Å². The van der Waals surface area contributed by atoms with Gasteiger partial charge in [-0.25, -0.2) is 0 Å². The second-order valence-electron chi connectivity index (χ2n) is 8.24. The van der Waals surface area contributed by atoms with Crippen molar-refractivity contribution in [3.05, 3.63) is 41.6 Å². The van der Waals surface area contributed by atoms with Gasteiger partial charge in [-0.2, -0.15) is 0 Å². The predicted octanol–water partition coefficient (Wildman–Crippen LogP) is 4.06. The topological polar surface area (TPSA) is 22.3 Å². The maximum Gasteiger partial charge on any atom is 0.0457 e. The third-order valence-electron chi connectivity index (χ3n) is 6.74. The summed E-state index contributed by atoms with van der Waals surface area (Å²) in [7, 11) is 2.28. The summed E-state index contributed by atoms with van der Waals surface area (Å²) >= 11 is 0. The number of fused-ring (bicyclic) bond motifs is 2. The van der Waals surface area contributed by atoms with Crippen molar-refractivity contribution in [2.24, 2.45) is 0 Å². The highest BCUT2D eigenvalue weighted by atomic mass is 15.2. The molecule has 2 atom stereocenters. The van der Waals surface area contributed by atoms with E-state index in [1.165, 1.54) is 80.2 Å². The normalized spacial score (nSPS) is 27.8. The monoisotopic (exact) mass is 335 g/mol. The van der Waals surface area contributed by atoms with Crippen LogP contribution in [0.5, 0.6) is 0 Å². The van der Waals surface area contributed by atoms with Crippen LogP contribution in [0.3, 0.4) is 0 Å². The van der Waals surface area contributed by atoms with Gasteiger partial charge in [0, 0.05) is 35.7 Å². The number of hydrogen-bond donors (Lipinski definition) is 1. The number of aromatic nitrogens is 1. The molecule has 25 heavy (non-hydrogen) atoms. The number of nitrogens with zero attached hydrogens (tertiary/aromatic N) is 2. The number of rotatable bonds is 3. The van der Waals surface area contributed by atoms with Crippen LogP contribution in [0.25, 0.3) is 16.5 Å². The fourth-order valence-electron chi connectivity index (χ4n) is 5.18. The molecule has 5 rings (SSSR count). The van der Waals surface area contributed by atoms with Gasteiger partial charge in [0.15, 0.2) is 0 Å². The lowest BCUT2D eigenvalue weighted by Crippen LogP contribution is -2.32. The minimum absolute atomic E-state index is 0.692. The number of aromatic amines is 1. The number of benzene rings is 1. The van der Waals surface area contributed by atoms with E-state index in [4.69, 9.17) is 0 Å². The molecule has 4 heterocycles.